The van der Waals surface area contributed by atoms with E-state index >= 15 is 0 Å². The monoisotopic (exact) mass is 375 g/mol. The molecule has 0 spiro atoms. The first kappa shape index (κ1) is 20.2. The van der Waals surface area contributed by atoms with Crippen LogP contribution in [0, 0.1) is 5.82 Å². The van der Waals surface area contributed by atoms with Gasteiger partial charge in [-0.15, -0.1) is 0 Å². The van der Waals surface area contributed by atoms with Crippen molar-refractivity contribution in [2.45, 2.75) is 18.9 Å². The lowest BCUT2D eigenvalue weighted by molar-refractivity contribution is -0.141. The minimum atomic E-state index is -0.656. The number of halogens is 1. The molecule has 27 heavy (non-hydrogen) atoms. The van der Waals surface area contributed by atoms with Crippen LogP contribution in [0.3, 0.4) is 0 Å². The fourth-order valence-electron chi connectivity index (χ4n) is 2.63. The molecule has 0 saturated heterocycles. The smallest absolute Gasteiger partial charge is 0.307 e. The summed E-state index contributed by atoms with van der Waals surface area (Å²) in [7, 11) is 4.28. The second-order valence-corrected chi connectivity index (χ2v) is 5.78. The Morgan fingerprint density at radius 1 is 1.04 bits per heavy atom. The number of ether oxygens (including phenoxy) is 3. The van der Waals surface area contributed by atoms with Gasteiger partial charge in [0.05, 0.1) is 40.2 Å². The summed E-state index contributed by atoms with van der Waals surface area (Å²) < 4.78 is 29.0. The zero-order valence-electron chi connectivity index (χ0n) is 15.5. The summed E-state index contributed by atoms with van der Waals surface area (Å²) in [6, 6.07) is 10.5. The average molecular weight is 375 g/mol. The van der Waals surface area contributed by atoms with E-state index in [4.69, 9.17) is 14.2 Å². The molecule has 0 aromatic heterocycles. The Morgan fingerprint density at radius 3 is 2.37 bits per heavy atom. The molecule has 2 aromatic carbocycles. The van der Waals surface area contributed by atoms with E-state index in [0.717, 1.165) is 0 Å². The number of rotatable bonds is 8. The van der Waals surface area contributed by atoms with E-state index in [2.05, 4.69) is 5.32 Å². The second-order valence-electron chi connectivity index (χ2n) is 5.78. The molecule has 6 nitrogen and oxygen atoms in total. The van der Waals surface area contributed by atoms with Gasteiger partial charge in [0.1, 0.15) is 5.82 Å². The molecule has 0 aliphatic rings. The molecule has 0 bridgehead atoms. The molecule has 0 fully saturated rings. The van der Waals surface area contributed by atoms with Gasteiger partial charge in [-0.1, -0.05) is 24.3 Å². The molecule has 7 heteroatoms. The molecule has 0 unspecified atom stereocenters. The highest BCUT2D eigenvalue weighted by molar-refractivity contribution is 5.80. The Balaban J connectivity index is 2.22. The molecule has 2 rings (SSSR count). The predicted octanol–water partition coefficient (Wildman–Crippen LogP) is 2.81. The van der Waals surface area contributed by atoms with E-state index in [0.29, 0.717) is 17.1 Å². The van der Waals surface area contributed by atoms with Gasteiger partial charge in [0.25, 0.3) is 0 Å². The molecule has 0 aliphatic heterocycles. The average Bonchev–Trinajstić information content (AvgIpc) is 2.68. The van der Waals surface area contributed by atoms with E-state index < -0.39 is 23.7 Å². The van der Waals surface area contributed by atoms with Crippen LogP contribution in [0.1, 0.15) is 23.6 Å². The van der Waals surface area contributed by atoms with Crippen molar-refractivity contribution in [2.24, 2.45) is 0 Å². The van der Waals surface area contributed by atoms with Gasteiger partial charge in [-0.3, -0.25) is 9.59 Å². The maximum Gasteiger partial charge on any atom is 0.307 e. The number of carbonyl (C=O) groups is 2. The molecular weight excluding hydrogens is 353 g/mol. The summed E-state index contributed by atoms with van der Waals surface area (Å²) in [5.41, 5.74) is 0.916. The van der Waals surface area contributed by atoms with E-state index in [1.165, 1.54) is 27.4 Å². The third-order valence-corrected chi connectivity index (χ3v) is 4.05. The summed E-state index contributed by atoms with van der Waals surface area (Å²) in [6.07, 6.45) is -0.216. The highest BCUT2D eigenvalue weighted by Gasteiger charge is 2.21. The number of carbonyl (C=O) groups excluding carboxylic acids is 2. The van der Waals surface area contributed by atoms with Crippen molar-refractivity contribution in [1.82, 2.24) is 5.32 Å². The van der Waals surface area contributed by atoms with Gasteiger partial charge in [0.2, 0.25) is 5.91 Å². The van der Waals surface area contributed by atoms with Crippen LogP contribution in [-0.2, 0) is 20.7 Å². The van der Waals surface area contributed by atoms with Crippen LogP contribution < -0.4 is 14.8 Å². The molecule has 1 N–H and O–H groups in total. The van der Waals surface area contributed by atoms with Crippen LogP contribution in [0.4, 0.5) is 4.39 Å². The van der Waals surface area contributed by atoms with Gasteiger partial charge >= 0.3 is 5.97 Å². The van der Waals surface area contributed by atoms with Crippen molar-refractivity contribution in [3.05, 3.63) is 59.4 Å². The van der Waals surface area contributed by atoms with Crippen LogP contribution in [0.15, 0.2) is 42.5 Å². The van der Waals surface area contributed by atoms with Crippen LogP contribution in [0.25, 0.3) is 0 Å². The van der Waals surface area contributed by atoms with Gasteiger partial charge in [0, 0.05) is 0 Å². The van der Waals surface area contributed by atoms with Crippen molar-refractivity contribution >= 4 is 11.9 Å². The Labute approximate surface area is 157 Å². The Hall–Kier alpha value is -3.09. The fraction of sp³-hybridized carbons (Fsp3) is 0.300. The topological polar surface area (TPSA) is 73.9 Å². The Bertz CT molecular complexity index is 809. The predicted molar refractivity (Wildman–Crippen MR) is 97.2 cm³/mol. The van der Waals surface area contributed by atoms with Crippen LogP contribution in [0.2, 0.25) is 0 Å². The van der Waals surface area contributed by atoms with Crippen molar-refractivity contribution < 1.29 is 28.2 Å². The Morgan fingerprint density at radius 2 is 1.74 bits per heavy atom. The van der Waals surface area contributed by atoms with Crippen molar-refractivity contribution in [2.75, 3.05) is 21.3 Å². The number of hydrogen-bond acceptors (Lipinski definition) is 5. The van der Waals surface area contributed by atoms with E-state index in [1.54, 1.807) is 36.4 Å². The zero-order chi connectivity index (χ0) is 19.8. The first-order valence-corrected chi connectivity index (χ1v) is 8.30. The van der Waals surface area contributed by atoms with Gasteiger partial charge < -0.3 is 19.5 Å². The number of amides is 1. The minimum absolute atomic E-state index is 0.0744. The molecule has 1 amide bonds. The molecule has 144 valence electrons. The van der Waals surface area contributed by atoms with Gasteiger partial charge in [-0.2, -0.15) is 0 Å². The van der Waals surface area contributed by atoms with Crippen molar-refractivity contribution in [1.29, 1.82) is 0 Å². The van der Waals surface area contributed by atoms with Gasteiger partial charge in [-0.25, -0.2) is 4.39 Å². The molecule has 0 heterocycles. The maximum absolute atomic E-state index is 13.8. The third kappa shape index (κ3) is 5.44. The summed E-state index contributed by atoms with van der Waals surface area (Å²) in [5.74, 6) is -0.364. The number of esters is 1. The van der Waals surface area contributed by atoms with Gasteiger partial charge in [-0.05, 0) is 29.3 Å². The molecule has 1 atom stereocenters. The Kier molecular flexibility index (Phi) is 7.16. The van der Waals surface area contributed by atoms with Crippen molar-refractivity contribution in [3.63, 3.8) is 0 Å². The van der Waals surface area contributed by atoms with Crippen LogP contribution in [0.5, 0.6) is 11.5 Å². The molecule has 0 aliphatic carbocycles. The zero-order valence-corrected chi connectivity index (χ0v) is 15.5. The van der Waals surface area contributed by atoms with E-state index in [-0.39, 0.29) is 18.4 Å². The van der Waals surface area contributed by atoms with Gasteiger partial charge in [0.15, 0.2) is 11.5 Å². The van der Waals surface area contributed by atoms with Crippen LogP contribution >= 0.6 is 0 Å². The first-order valence-electron chi connectivity index (χ1n) is 8.30. The maximum atomic E-state index is 13.8. The second kappa shape index (κ2) is 9.56. The van der Waals surface area contributed by atoms with Crippen LogP contribution in [-0.4, -0.2) is 33.2 Å². The van der Waals surface area contributed by atoms with Crippen molar-refractivity contribution in [3.8, 4) is 11.5 Å². The quantitative estimate of drug-likeness (QED) is 0.718. The highest BCUT2D eigenvalue weighted by Crippen LogP contribution is 2.31. The summed E-state index contributed by atoms with van der Waals surface area (Å²) in [6.45, 7) is 0. The molecular formula is C20H22FNO5. The molecule has 0 radical (unpaired) electrons. The summed E-state index contributed by atoms with van der Waals surface area (Å²) in [4.78, 5) is 24.2. The fourth-order valence-corrected chi connectivity index (χ4v) is 2.63. The number of methoxy groups -OCH3 is 3. The standard InChI is InChI=1S/C20H22FNO5/c1-25-17-9-8-14(10-18(17)26-2)16(12-20(24)27-3)22-19(23)11-13-6-4-5-7-15(13)21/h4-10,16H,11-12H2,1-3H3,(H,22,23)/t16-/m1/s1. The molecule has 2 aromatic rings. The number of nitrogens with one attached hydrogen (secondary N) is 1. The highest BCUT2D eigenvalue weighted by atomic mass is 19.1. The lowest BCUT2D eigenvalue weighted by Gasteiger charge is -2.20. The van der Waals surface area contributed by atoms with E-state index in [9.17, 15) is 14.0 Å². The largest absolute Gasteiger partial charge is 0.493 e. The third-order valence-electron chi connectivity index (χ3n) is 4.05. The summed E-state index contributed by atoms with van der Waals surface area (Å²) in [5, 5.41) is 2.76. The number of benzene rings is 2. The summed E-state index contributed by atoms with van der Waals surface area (Å²) >= 11 is 0. The SMILES string of the molecule is COC(=O)C[C@@H](NC(=O)Cc1ccccc1F)c1ccc(OC)c(OC)c1. The number of hydrogen-bond donors (Lipinski definition) is 1. The lowest BCUT2D eigenvalue weighted by Crippen LogP contribution is -2.31. The lowest BCUT2D eigenvalue weighted by atomic mass is 10.0. The first-order chi connectivity index (χ1) is 13.0. The normalized spacial score (nSPS) is 11.4. The molecule has 0 saturated carbocycles. The van der Waals surface area contributed by atoms with E-state index in [1.807, 2.05) is 0 Å². The minimum Gasteiger partial charge on any atom is -0.493 e.